The zero-order chi connectivity index (χ0) is 20.5. The van der Waals surface area contributed by atoms with E-state index in [1.54, 1.807) is 32.4 Å². The Hall–Kier alpha value is -3.28. The van der Waals surface area contributed by atoms with Crippen LogP contribution in [0.4, 0.5) is 5.69 Å². The van der Waals surface area contributed by atoms with Gasteiger partial charge in [0.1, 0.15) is 5.70 Å². The number of amides is 2. The molecule has 0 atom stereocenters. The van der Waals surface area contributed by atoms with Crippen molar-refractivity contribution >= 4 is 23.1 Å². The van der Waals surface area contributed by atoms with Crippen LogP contribution in [-0.2, 0) is 9.59 Å². The summed E-state index contributed by atoms with van der Waals surface area (Å²) in [4.78, 5) is 30.2. The van der Waals surface area contributed by atoms with E-state index < -0.39 is 0 Å². The molecule has 0 spiro atoms. The fourth-order valence-corrected chi connectivity index (χ4v) is 3.93. The lowest BCUT2D eigenvalue weighted by molar-refractivity contribution is -0.120. The molecule has 6 heteroatoms. The quantitative estimate of drug-likeness (QED) is 0.730. The molecule has 0 aromatic heterocycles. The van der Waals surface area contributed by atoms with Crippen molar-refractivity contribution < 1.29 is 19.1 Å². The Morgan fingerprint density at radius 2 is 1.48 bits per heavy atom. The number of rotatable bonds is 5. The van der Waals surface area contributed by atoms with Gasteiger partial charge in [-0.05, 0) is 49.6 Å². The third-order valence-electron chi connectivity index (χ3n) is 5.45. The van der Waals surface area contributed by atoms with E-state index in [1.807, 2.05) is 36.1 Å². The summed E-state index contributed by atoms with van der Waals surface area (Å²) in [7, 11) is 3.12. The SMILES string of the molecule is COc1ccc(C2=C(N3CCCC3)C(=O)N(c3ccc(C)cc3)C2=O)cc1OC. The van der Waals surface area contributed by atoms with Crippen molar-refractivity contribution in [2.75, 3.05) is 32.2 Å². The number of aryl methyl sites for hydroxylation is 1. The van der Waals surface area contributed by atoms with Crippen LogP contribution in [0, 0.1) is 6.92 Å². The molecule has 2 amide bonds. The highest BCUT2D eigenvalue weighted by molar-refractivity contribution is 6.45. The number of carbonyl (C=O) groups is 2. The van der Waals surface area contributed by atoms with Crippen molar-refractivity contribution in [2.45, 2.75) is 19.8 Å². The molecule has 1 fully saturated rings. The normalized spacial score (nSPS) is 16.8. The minimum Gasteiger partial charge on any atom is -0.493 e. The van der Waals surface area contributed by atoms with E-state index in [4.69, 9.17) is 9.47 Å². The minimum absolute atomic E-state index is 0.273. The van der Waals surface area contributed by atoms with Gasteiger partial charge in [0, 0.05) is 13.1 Å². The van der Waals surface area contributed by atoms with Crippen molar-refractivity contribution in [2.24, 2.45) is 0 Å². The van der Waals surface area contributed by atoms with E-state index in [0.717, 1.165) is 31.5 Å². The maximum absolute atomic E-state index is 13.5. The first-order chi connectivity index (χ1) is 14.0. The lowest BCUT2D eigenvalue weighted by Gasteiger charge is -2.20. The van der Waals surface area contributed by atoms with Gasteiger partial charge in [-0.2, -0.15) is 0 Å². The number of anilines is 1. The zero-order valence-corrected chi connectivity index (χ0v) is 16.9. The van der Waals surface area contributed by atoms with Gasteiger partial charge in [-0.1, -0.05) is 23.8 Å². The molecule has 2 heterocycles. The van der Waals surface area contributed by atoms with Crippen LogP contribution in [0.15, 0.2) is 48.2 Å². The van der Waals surface area contributed by atoms with Crippen LogP contribution >= 0.6 is 0 Å². The molecule has 2 aromatic rings. The highest BCUT2D eigenvalue weighted by Gasteiger charge is 2.43. The molecule has 150 valence electrons. The van der Waals surface area contributed by atoms with Crippen molar-refractivity contribution in [1.82, 2.24) is 4.90 Å². The molecule has 2 aliphatic heterocycles. The standard InChI is InChI=1S/C23H24N2O4/c1-15-6-9-17(10-7-15)25-22(26)20(21(23(25)27)24-12-4-5-13-24)16-8-11-18(28-2)19(14-16)29-3/h6-11,14H,4-5,12-13H2,1-3H3. The predicted octanol–water partition coefficient (Wildman–Crippen LogP) is 3.39. The summed E-state index contributed by atoms with van der Waals surface area (Å²) >= 11 is 0. The van der Waals surface area contributed by atoms with Crippen LogP contribution in [-0.4, -0.2) is 44.0 Å². The molecule has 0 unspecified atom stereocenters. The van der Waals surface area contributed by atoms with E-state index in [0.29, 0.717) is 34.0 Å². The number of benzene rings is 2. The summed E-state index contributed by atoms with van der Waals surface area (Å²) in [6.07, 6.45) is 2.02. The molecule has 0 bridgehead atoms. The van der Waals surface area contributed by atoms with Crippen LogP contribution in [0.25, 0.3) is 5.57 Å². The summed E-state index contributed by atoms with van der Waals surface area (Å²) in [5.41, 5.74) is 3.19. The Labute approximate surface area is 170 Å². The second kappa shape index (κ2) is 7.62. The Kier molecular flexibility index (Phi) is 5.01. The van der Waals surface area contributed by atoms with Gasteiger partial charge < -0.3 is 14.4 Å². The van der Waals surface area contributed by atoms with Gasteiger partial charge in [-0.25, -0.2) is 4.90 Å². The monoisotopic (exact) mass is 392 g/mol. The zero-order valence-electron chi connectivity index (χ0n) is 16.9. The summed E-state index contributed by atoms with van der Waals surface area (Å²) in [5.74, 6) is 0.512. The molecular formula is C23H24N2O4. The van der Waals surface area contributed by atoms with Gasteiger partial charge in [0.15, 0.2) is 11.5 Å². The lowest BCUT2D eigenvalue weighted by atomic mass is 10.0. The maximum atomic E-state index is 13.5. The summed E-state index contributed by atoms with van der Waals surface area (Å²) in [5, 5.41) is 0. The molecule has 0 aliphatic carbocycles. The Morgan fingerprint density at radius 1 is 0.828 bits per heavy atom. The Morgan fingerprint density at radius 3 is 2.10 bits per heavy atom. The van der Waals surface area contributed by atoms with Gasteiger partial charge in [-0.15, -0.1) is 0 Å². The second-order valence-corrected chi connectivity index (χ2v) is 7.27. The molecule has 2 aliphatic rings. The number of hydrogen-bond donors (Lipinski definition) is 0. The number of likely N-dealkylation sites (tertiary alicyclic amines) is 1. The summed E-state index contributed by atoms with van der Waals surface area (Å²) < 4.78 is 10.7. The number of methoxy groups -OCH3 is 2. The van der Waals surface area contributed by atoms with E-state index in [1.165, 1.54) is 4.90 Å². The molecule has 0 saturated carbocycles. The molecule has 0 radical (unpaired) electrons. The largest absolute Gasteiger partial charge is 0.493 e. The topological polar surface area (TPSA) is 59.1 Å². The van der Waals surface area contributed by atoms with E-state index in [9.17, 15) is 9.59 Å². The van der Waals surface area contributed by atoms with Crippen LogP contribution in [0.3, 0.4) is 0 Å². The first kappa shape index (κ1) is 19.1. The Bertz CT molecular complexity index is 988. The number of imide groups is 1. The molecule has 4 rings (SSSR count). The number of nitrogens with zero attached hydrogens (tertiary/aromatic N) is 2. The number of ether oxygens (including phenoxy) is 2. The van der Waals surface area contributed by atoms with E-state index in [-0.39, 0.29) is 11.8 Å². The molecule has 1 saturated heterocycles. The fourth-order valence-electron chi connectivity index (χ4n) is 3.93. The van der Waals surface area contributed by atoms with Crippen molar-refractivity contribution in [3.05, 3.63) is 59.3 Å². The van der Waals surface area contributed by atoms with Crippen LogP contribution in [0.1, 0.15) is 24.0 Å². The van der Waals surface area contributed by atoms with Crippen LogP contribution in [0.5, 0.6) is 11.5 Å². The second-order valence-electron chi connectivity index (χ2n) is 7.27. The lowest BCUT2D eigenvalue weighted by Crippen LogP contribution is -2.34. The molecule has 0 N–H and O–H groups in total. The Balaban J connectivity index is 1.84. The van der Waals surface area contributed by atoms with Gasteiger partial charge in [0.25, 0.3) is 11.8 Å². The average molecular weight is 392 g/mol. The highest BCUT2D eigenvalue weighted by atomic mass is 16.5. The third-order valence-corrected chi connectivity index (χ3v) is 5.45. The van der Waals surface area contributed by atoms with Crippen molar-refractivity contribution in [3.63, 3.8) is 0 Å². The van der Waals surface area contributed by atoms with Gasteiger partial charge >= 0.3 is 0 Å². The van der Waals surface area contributed by atoms with E-state index >= 15 is 0 Å². The molecule has 29 heavy (non-hydrogen) atoms. The molecular weight excluding hydrogens is 368 g/mol. The molecule has 6 nitrogen and oxygen atoms in total. The smallest absolute Gasteiger partial charge is 0.282 e. The summed E-state index contributed by atoms with van der Waals surface area (Å²) in [6.45, 7) is 3.51. The third kappa shape index (κ3) is 3.24. The highest BCUT2D eigenvalue weighted by Crippen LogP contribution is 2.38. The first-order valence-corrected chi connectivity index (χ1v) is 9.72. The van der Waals surface area contributed by atoms with Gasteiger partial charge in [0.2, 0.25) is 0 Å². The van der Waals surface area contributed by atoms with Gasteiger partial charge in [-0.3, -0.25) is 9.59 Å². The van der Waals surface area contributed by atoms with Gasteiger partial charge in [0.05, 0.1) is 25.5 Å². The van der Waals surface area contributed by atoms with Crippen LogP contribution in [0.2, 0.25) is 0 Å². The van der Waals surface area contributed by atoms with Crippen molar-refractivity contribution in [1.29, 1.82) is 0 Å². The fraction of sp³-hybridized carbons (Fsp3) is 0.304. The summed E-state index contributed by atoms with van der Waals surface area (Å²) in [6, 6.07) is 12.7. The molecule has 2 aromatic carbocycles. The van der Waals surface area contributed by atoms with Crippen molar-refractivity contribution in [3.8, 4) is 11.5 Å². The number of hydrogen-bond acceptors (Lipinski definition) is 5. The van der Waals surface area contributed by atoms with Crippen LogP contribution < -0.4 is 14.4 Å². The maximum Gasteiger partial charge on any atom is 0.282 e. The number of carbonyl (C=O) groups excluding carboxylic acids is 2. The average Bonchev–Trinajstić information content (AvgIpc) is 3.34. The first-order valence-electron chi connectivity index (χ1n) is 9.72. The minimum atomic E-state index is -0.312. The predicted molar refractivity (Wildman–Crippen MR) is 111 cm³/mol. The van der Waals surface area contributed by atoms with E-state index in [2.05, 4.69) is 0 Å².